The van der Waals surface area contributed by atoms with Gasteiger partial charge in [0.15, 0.2) is 34.1 Å². The molecular weight excluding hydrogens is 1110 g/mol. The third-order valence-electron chi connectivity index (χ3n) is 15.3. The number of carbonyl (C=O) groups is 3. The Bertz CT molecular complexity index is 3890. The highest BCUT2D eigenvalue weighted by atomic mass is 79.9. The van der Waals surface area contributed by atoms with E-state index in [1.54, 1.807) is 6.20 Å². The lowest BCUT2D eigenvalue weighted by atomic mass is 9.80. The van der Waals surface area contributed by atoms with Crippen molar-refractivity contribution >= 4 is 95.4 Å². The number of nitrogens with zero attached hydrogens (tertiary/aromatic N) is 9. The van der Waals surface area contributed by atoms with Gasteiger partial charge in [0.1, 0.15) is 40.5 Å². The van der Waals surface area contributed by atoms with E-state index in [0.29, 0.717) is 84.7 Å². The monoisotopic (exact) mass is 1170 g/mol. The van der Waals surface area contributed by atoms with E-state index >= 15 is 0 Å². The van der Waals surface area contributed by atoms with Crippen LogP contribution in [0.15, 0.2) is 158 Å². The molecule has 21 heteroatoms. The van der Waals surface area contributed by atoms with Gasteiger partial charge in [-0.1, -0.05) is 59.1 Å². The molecule has 6 aliphatic rings. The Morgan fingerprint density at radius 2 is 1.06 bits per heavy atom. The fourth-order valence-electron chi connectivity index (χ4n) is 11.7. The summed E-state index contributed by atoms with van der Waals surface area (Å²) in [7, 11) is 0. The molecule has 0 saturated carbocycles. The number of fused-ring (bicyclic) bond motifs is 3. The largest absolute Gasteiger partial charge is 0.440 e. The quantitative estimate of drug-likeness (QED) is 0.105. The first-order chi connectivity index (χ1) is 39.5. The molecule has 19 nitrogen and oxygen atoms in total. The van der Waals surface area contributed by atoms with Crippen LogP contribution >= 0.6 is 27.5 Å². The molecule has 6 aromatic heterocycles. The van der Waals surface area contributed by atoms with Gasteiger partial charge in [-0.15, -0.1) is 0 Å². The maximum atomic E-state index is 12.6. The van der Waals surface area contributed by atoms with Crippen LogP contribution in [0.3, 0.4) is 0 Å². The first-order valence-corrected chi connectivity index (χ1v) is 28.4. The minimum absolute atomic E-state index is 0.101. The summed E-state index contributed by atoms with van der Waals surface area (Å²) in [5.41, 5.74) is 15.7. The number of para-hydroxylation sites is 6. The number of aliphatic imine (C=N–C) groups is 3. The number of oxazole rings is 3. The molecule has 9 aromatic rings. The highest BCUT2D eigenvalue weighted by Gasteiger charge is 2.37. The molecule has 9 heterocycles. The van der Waals surface area contributed by atoms with Crippen molar-refractivity contribution in [3.63, 3.8) is 0 Å². The lowest BCUT2D eigenvalue weighted by Gasteiger charge is -2.29. The topological polar surface area (TPSA) is 264 Å². The molecule has 3 aromatic carbocycles. The molecule has 0 saturated heterocycles. The predicted molar refractivity (Wildman–Crippen MR) is 307 cm³/mol. The van der Waals surface area contributed by atoms with Crippen molar-refractivity contribution in [2.45, 2.75) is 115 Å². The number of hydrogen-bond acceptors (Lipinski definition) is 16. The minimum Gasteiger partial charge on any atom is -0.440 e. The van der Waals surface area contributed by atoms with Gasteiger partial charge in [-0.25, -0.2) is 15.0 Å². The van der Waals surface area contributed by atoms with Crippen LogP contribution in [0.5, 0.6) is 0 Å². The number of halogens is 2. The first kappa shape index (κ1) is 51.9. The van der Waals surface area contributed by atoms with Crippen molar-refractivity contribution in [3.8, 4) is 0 Å². The van der Waals surface area contributed by atoms with Crippen molar-refractivity contribution in [1.29, 1.82) is 0 Å². The highest BCUT2D eigenvalue weighted by Crippen LogP contribution is 2.43. The molecular formula is C60H53BrClN13O6. The molecule has 3 unspecified atom stereocenters. The second kappa shape index (κ2) is 22.2. The zero-order chi connectivity index (χ0) is 55.1. The normalized spacial score (nSPS) is 20.0. The summed E-state index contributed by atoms with van der Waals surface area (Å²) in [6.07, 6.45) is 13.2. The average molecular weight is 1170 g/mol. The fraction of sp³-hybridized carbons (Fsp3) is 0.300. The Morgan fingerprint density at radius 3 is 1.58 bits per heavy atom. The number of carbonyl (C=O) groups excluding carboxylic acids is 3. The van der Waals surface area contributed by atoms with Crippen LogP contribution in [0.1, 0.15) is 129 Å². The van der Waals surface area contributed by atoms with Gasteiger partial charge in [0.2, 0.25) is 17.7 Å². The summed E-state index contributed by atoms with van der Waals surface area (Å²) in [4.78, 5) is 66.0. The number of H-pyrrole nitrogens is 3. The van der Waals surface area contributed by atoms with Crippen molar-refractivity contribution in [2.24, 2.45) is 15.0 Å². The molecule has 3 aliphatic heterocycles. The van der Waals surface area contributed by atoms with Crippen molar-refractivity contribution in [1.82, 2.24) is 50.9 Å². The Balaban J connectivity index is 0.000000114. The van der Waals surface area contributed by atoms with Crippen LogP contribution in [0.2, 0.25) is 5.02 Å². The summed E-state index contributed by atoms with van der Waals surface area (Å²) < 4.78 is 18.4. The van der Waals surface area contributed by atoms with E-state index in [1.807, 2.05) is 85.8 Å². The van der Waals surface area contributed by atoms with E-state index in [0.717, 1.165) is 128 Å². The Kier molecular flexibility index (Phi) is 14.2. The fourth-order valence-corrected chi connectivity index (χ4v) is 12.3. The van der Waals surface area contributed by atoms with Gasteiger partial charge in [0, 0.05) is 71.6 Å². The van der Waals surface area contributed by atoms with Gasteiger partial charge in [-0.05, 0) is 104 Å². The van der Waals surface area contributed by atoms with Crippen LogP contribution in [0.25, 0.3) is 33.3 Å². The molecule has 15 rings (SSSR count). The zero-order valence-corrected chi connectivity index (χ0v) is 46.4. The summed E-state index contributed by atoms with van der Waals surface area (Å²) >= 11 is 9.79. The van der Waals surface area contributed by atoms with Crippen LogP contribution in [0, 0.1) is 6.92 Å². The molecule has 0 bridgehead atoms. The lowest BCUT2D eigenvalue weighted by molar-refractivity contribution is -0.117. The zero-order valence-electron chi connectivity index (χ0n) is 44.0. The maximum absolute atomic E-state index is 12.6. The number of dihydropyridines is 2. The molecule has 0 amide bonds. The summed E-state index contributed by atoms with van der Waals surface area (Å²) in [5, 5.41) is 25.1. The van der Waals surface area contributed by atoms with Gasteiger partial charge in [-0.3, -0.25) is 44.7 Å². The second-order valence-corrected chi connectivity index (χ2v) is 22.2. The summed E-state index contributed by atoms with van der Waals surface area (Å²) in [6.45, 7) is 1.96. The number of amidine groups is 1. The summed E-state index contributed by atoms with van der Waals surface area (Å²) in [5.74, 6) is 3.11. The van der Waals surface area contributed by atoms with E-state index in [9.17, 15) is 14.4 Å². The van der Waals surface area contributed by atoms with Gasteiger partial charge < -0.3 is 18.6 Å². The van der Waals surface area contributed by atoms with Crippen LogP contribution in [-0.4, -0.2) is 80.2 Å². The number of allylic oxidation sites excluding steroid dienone is 3. The van der Waals surface area contributed by atoms with E-state index < -0.39 is 6.04 Å². The Hall–Kier alpha value is -8.49. The van der Waals surface area contributed by atoms with Gasteiger partial charge in [-0.2, -0.15) is 15.3 Å². The minimum atomic E-state index is -0.483. The number of ketones is 3. The van der Waals surface area contributed by atoms with Crippen LogP contribution in [0.4, 0.5) is 0 Å². The van der Waals surface area contributed by atoms with Crippen LogP contribution < -0.4 is 5.32 Å². The van der Waals surface area contributed by atoms with Gasteiger partial charge >= 0.3 is 0 Å². The van der Waals surface area contributed by atoms with E-state index in [1.165, 1.54) is 17.3 Å². The number of aromatic amines is 3. The average Bonchev–Trinajstić information content (AvgIpc) is 4.37. The van der Waals surface area contributed by atoms with Crippen molar-refractivity contribution in [3.05, 3.63) is 175 Å². The molecule has 3 atom stereocenters. The van der Waals surface area contributed by atoms with Crippen molar-refractivity contribution < 1.29 is 27.6 Å². The molecule has 4 N–H and O–H groups in total. The van der Waals surface area contributed by atoms with Crippen molar-refractivity contribution in [2.75, 3.05) is 0 Å². The summed E-state index contributed by atoms with van der Waals surface area (Å²) in [6, 6.07) is 24.0. The molecule has 0 spiro atoms. The lowest BCUT2D eigenvalue weighted by Crippen LogP contribution is -2.35. The third-order valence-corrected chi connectivity index (χ3v) is 16.2. The Morgan fingerprint density at radius 1 is 0.568 bits per heavy atom. The van der Waals surface area contributed by atoms with E-state index in [2.05, 4.69) is 66.8 Å². The number of aryl methyl sites for hydroxylation is 1. The molecule has 408 valence electrons. The molecule has 81 heavy (non-hydrogen) atoms. The molecule has 0 fully saturated rings. The number of hydrogen-bond donors (Lipinski definition) is 4. The highest BCUT2D eigenvalue weighted by molar-refractivity contribution is 9.10. The SMILES string of the molecule is Cc1cc(C2N=C(Cc3nc4ccccc4o3)CC3=C2C(=O)CCC3)n[nH]1.O=C1CCCC2=C1C(c1[nH]ncc1Br)N=C(Cc1nc3ccccc3o1)C2.O=C1CCCC2=C1C(c1[nH]ncc1Cl)N=C(Cc1nc3ccccc3o1)N2. The van der Waals surface area contributed by atoms with E-state index in [4.69, 9.17) is 39.8 Å². The predicted octanol–water partition coefficient (Wildman–Crippen LogP) is 12.0. The number of aromatic nitrogens is 9. The van der Waals surface area contributed by atoms with Gasteiger partial charge in [0.05, 0.1) is 58.2 Å². The van der Waals surface area contributed by atoms with Crippen LogP contribution in [-0.2, 0) is 33.6 Å². The number of benzene rings is 3. The second-order valence-electron chi connectivity index (χ2n) is 20.9. The standard InChI is InChI=1S/C21H20N4O2.C20H17BrN4O2.C19H16ClN5O2/c1-12-9-16(25-24-12)21-20-13(5-4-7-17(20)26)10-14(22-21)11-19-23-15-6-2-3-8-18(15)27-19;21-13-10-22-25-19(13)20-18-11(4-3-6-15(18)26)8-12(23-20)9-17-24-14-5-1-2-7-16(14)27-17;20-10-9-21-25-18(10)19-17-12(5-3-6-13(17)26)22-15(24-19)8-16-23-11-4-1-2-7-14(11)27-16/h2-3,6,8-9,21H,4-5,7,10-11H2,1H3,(H,24,25);1-2,5,7,10,20H,3-4,6,8-9H2,(H,22,25);1-2,4,7,9,19H,3,5-6,8H2,(H,21,25)(H,22,24). The smallest absolute Gasteiger partial charge is 0.203 e. The first-order valence-electron chi connectivity index (χ1n) is 27.2. The number of nitrogens with one attached hydrogen (secondary N) is 4. The number of Topliss-reactive ketones (excluding diaryl/α,β-unsaturated/α-hetero) is 3. The molecule has 3 aliphatic carbocycles. The maximum Gasteiger partial charge on any atom is 0.203 e. The van der Waals surface area contributed by atoms with E-state index in [-0.39, 0.29) is 29.4 Å². The Labute approximate surface area is 476 Å². The number of rotatable bonds is 9. The third kappa shape index (κ3) is 10.7. The van der Waals surface area contributed by atoms with Gasteiger partial charge in [0.25, 0.3) is 0 Å². The molecule has 0 radical (unpaired) electrons.